The van der Waals surface area contributed by atoms with Crippen LogP contribution < -0.4 is 0 Å². The molecule has 2 aliphatic heterocycles. The van der Waals surface area contributed by atoms with Crippen LogP contribution in [0.3, 0.4) is 0 Å². The summed E-state index contributed by atoms with van der Waals surface area (Å²) in [7, 11) is 0. The molecule has 0 bridgehead atoms. The van der Waals surface area contributed by atoms with E-state index in [1.54, 1.807) is 64.2 Å². The second-order valence-corrected chi connectivity index (χ2v) is 16.1. The average Bonchev–Trinajstić information content (AvgIpc) is 3.50. The van der Waals surface area contributed by atoms with Crippen molar-refractivity contribution in [3.63, 3.8) is 0 Å². The van der Waals surface area contributed by atoms with Gasteiger partial charge in [0.05, 0.1) is 0 Å². The SMILES string of the molecule is C1CCC(N2C3CCCCC3C3CCC(C4CCC5C6CCCCC6N(C6CCCCC6)C5C4)CC32)CC1. The van der Waals surface area contributed by atoms with E-state index in [2.05, 4.69) is 9.80 Å². The Morgan fingerprint density at radius 2 is 0.658 bits per heavy atom. The minimum Gasteiger partial charge on any atom is -0.294 e. The molecule has 0 aromatic rings. The molecule has 2 heteroatoms. The van der Waals surface area contributed by atoms with Crippen LogP contribution in [-0.2, 0) is 0 Å². The maximum absolute atomic E-state index is 3.28. The minimum absolute atomic E-state index is 0.957. The molecule has 0 N–H and O–H groups in total. The molecule has 38 heavy (non-hydrogen) atoms. The normalized spacial score (nSPS) is 49.3. The van der Waals surface area contributed by atoms with Gasteiger partial charge in [0.1, 0.15) is 0 Å². The molecular formula is C36H60N2. The Morgan fingerprint density at radius 3 is 1.11 bits per heavy atom. The second kappa shape index (κ2) is 11.0. The van der Waals surface area contributed by atoms with Gasteiger partial charge in [-0.1, -0.05) is 64.2 Å². The van der Waals surface area contributed by atoms with E-state index < -0.39 is 0 Å². The van der Waals surface area contributed by atoms with Crippen LogP contribution in [0.5, 0.6) is 0 Å². The van der Waals surface area contributed by atoms with Gasteiger partial charge in [0, 0.05) is 36.3 Å². The first-order valence-electron chi connectivity index (χ1n) is 18.4. The van der Waals surface area contributed by atoms with E-state index >= 15 is 0 Å². The predicted octanol–water partition coefficient (Wildman–Crippen LogP) is 8.97. The summed E-state index contributed by atoms with van der Waals surface area (Å²) in [5, 5.41) is 0. The third kappa shape index (κ3) is 4.39. The Balaban J connectivity index is 1.01. The Kier molecular flexibility index (Phi) is 7.39. The first-order chi connectivity index (χ1) is 18.9. The summed E-state index contributed by atoms with van der Waals surface area (Å²) in [6, 6.07) is 5.83. The predicted molar refractivity (Wildman–Crippen MR) is 158 cm³/mol. The highest BCUT2D eigenvalue weighted by Gasteiger charge is 2.56. The zero-order valence-electron chi connectivity index (χ0n) is 24.8. The zero-order valence-corrected chi connectivity index (χ0v) is 24.8. The van der Waals surface area contributed by atoms with E-state index in [-0.39, 0.29) is 0 Å². The average molecular weight is 521 g/mol. The molecule has 0 spiro atoms. The smallest absolute Gasteiger partial charge is 0.0135 e. The van der Waals surface area contributed by atoms with Gasteiger partial charge in [-0.25, -0.2) is 0 Å². The lowest BCUT2D eigenvalue weighted by Crippen LogP contribution is -2.50. The first kappa shape index (κ1) is 25.6. The van der Waals surface area contributed by atoms with Crippen LogP contribution in [0, 0.1) is 35.5 Å². The van der Waals surface area contributed by atoms with Crippen molar-refractivity contribution in [1.29, 1.82) is 0 Å². The van der Waals surface area contributed by atoms with Gasteiger partial charge in [-0.05, 0) is 125 Å². The van der Waals surface area contributed by atoms with Crippen LogP contribution in [-0.4, -0.2) is 46.1 Å². The second-order valence-electron chi connectivity index (χ2n) is 16.1. The molecule has 2 nitrogen and oxygen atoms in total. The summed E-state index contributed by atoms with van der Waals surface area (Å²) >= 11 is 0. The van der Waals surface area contributed by atoms with Crippen molar-refractivity contribution in [2.24, 2.45) is 35.5 Å². The van der Waals surface area contributed by atoms with Crippen molar-refractivity contribution >= 4 is 0 Å². The lowest BCUT2D eigenvalue weighted by molar-refractivity contribution is 0.0184. The van der Waals surface area contributed by atoms with Gasteiger partial charge in [0.15, 0.2) is 0 Å². The molecule has 0 aromatic carbocycles. The van der Waals surface area contributed by atoms with E-state index in [0.29, 0.717) is 0 Å². The summed E-state index contributed by atoms with van der Waals surface area (Å²) in [4.78, 5) is 6.56. The van der Waals surface area contributed by atoms with E-state index in [9.17, 15) is 0 Å². The lowest BCUT2D eigenvalue weighted by atomic mass is 9.63. The molecule has 8 rings (SSSR count). The number of rotatable bonds is 3. The Bertz CT molecular complexity index is 731. The molecular weight excluding hydrogens is 460 g/mol. The summed E-state index contributed by atoms with van der Waals surface area (Å²) in [5.41, 5.74) is 0. The number of fused-ring (bicyclic) bond motifs is 6. The van der Waals surface area contributed by atoms with Crippen molar-refractivity contribution in [2.45, 2.75) is 190 Å². The zero-order chi connectivity index (χ0) is 25.1. The van der Waals surface area contributed by atoms with Crippen molar-refractivity contribution in [1.82, 2.24) is 9.80 Å². The summed E-state index contributed by atoms with van der Waals surface area (Å²) in [6.07, 6.45) is 37.2. The van der Waals surface area contributed by atoms with Gasteiger partial charge >= 0.3 is 0 Å². The molecule has 8 fully saturated rings. The largest absolute Gasteiger partial charge is 0.294 e. The Hall–Kier alpha value is -0.0800. The van der Waals surface area contributed by atoms with Crippen LogP contribution >= 0.6 is 0 Å². The lowest BCUT2D eigenvalue weighted by Gasteiger charge is -2.48. The number of likely N-dealkylation sites (tertiary alicyclic amines) is 2. The van der Waals surface area contributed by atoms with Crippen LogP contribution in [0.1, 0.15) is 154 Å². The standard InChI is InChI=1S/C36H60N2/c1-3-11-27(12-4-1)37-33-17-9-7-15-29(33)31-21-19-25(23-35(31)37)26-20-22-32-30-16-8-10-18-34(30)38(36(32)24-26)28-13-5-2-6-14-28/h25-36H,1-24H2. The first-order valence-corrected chi connectivity index (χ1v) is 18.4. The monoisotopic (exact) mass is 520 g/mol. The Labute approximate surface area is 235 Å². The van der Waals surface area contributed by atoms with Crippen LogP contribution in [0.2, 0.25) is 0 Å². The van der Waals surface area contributed by atoms with Crippen LogP contribution in [0.15, 0.2) is 0 Å². The third-order valence-corrected chi connectivity index (χ3v) is 14.7. The van der Waals surface area contributed by atoms with Gasteiger partial charge in [0.25, 0.3) is 0 Å². The molecule has 0 amide bonds. The third-order valence-electron chi connectivity index (χ3n) is 14.7. The summed E-state index contributed by atoms with van der Waals surface area (Å²) < 4.78 is 0. The molecule has 2 heterocycles. The number of nitrogens with zero attached hydrogens (tertiary/aromatic N) is 2. The summed E-state index contributed by atoms with van der Waals surface area (Å²) in [6.45, 7) is 0. The molecule has 8 aliphatic rings. The molecule has 2 saturated heterocycles. The van der Waals surface area contributed by atoms with Crippen molar-refractivity contribution in [3.05, 3.63) is 0 Å². The minimum atomic E-state index is 0.957. The fraction of sp³-hybridized carbons (Fsp3) is 1.00. The molecule has 6 saturated carbocycles. The molecule has 10 atom stereocenters. The highest BCUT2D eigenvalue weighted by Crippen LogP contribution is 2.57. The molecule has 0 radical (unpaired) electrons. The van der Waals surface area contributed by atoms with Gasteiger partial charge in [0.2, 0.25) is 0 Å². The van der Waals surface area contributed by atoms with Gasteiger partial charge in [-0.15, -0.1) is 0 Å². The van der Waals surface area contributed by atoms with E-state index in [4.69, 9.17) is 0 Å². The summed E-state index contributed by atoms with van der Waals surface area (Å²) in [5.74, 6) is 6.41. The van der Waals surface area contributed by atoms with Crippen LogP contribution in [0.4, 0.5) is 0 Å². The molecule has 214 valence electrons. The highest BCUT2D eigenvalue weighted by molar-refractivity contribution is 5.09. The topological polar surface area (TPSA) is 6.48 Å². The van der Waals surface area contributed by atoms with Crippen LogP contribution in [0.25, 0.3) is 0 Å². The van der Waals surface area contributed by atoms with E-state index in [1.807, 2.05) is 0 Å². The van der Waals surface area contributed by atoms with Gasteiger partial charge in [-0.3, -0.25) is 9.80 Å². The fourth-order valence-electron chi connectivity index (χ4n) is 13.3. The fourth-order valence-corrected chi connectivity index (χ4v) is 13.3. The van der Waals surface area contributed by atoms with Gasteiger partial charge < -0.3 is 0 Å². The van der Waals surface area contributed by atoms with Crippen molar-refractivity contribution < 1.29 is 0 Å². The number of hydrogen-bond donors (Lipinski definition) is 0. The highest BCUT2D eigenvalue weighted by atomic mass is 15.3. The van der Waals surface area contributed by atoms with Crippen molar-refractivity contribution in [3.8, 4) is 0 Å². The number of hydrogen-bond acceptors (Lipinski definition) is 2. The molecule has 10 unspecified atom stereocenters. The Morgan fingerprint density at radius 1 is 0.289 bits per heavy atom. The van der Waals surface area contributed by atoms with Crippen molar-refractivity contribution in [2.75, 3.05) is 0 Å². The molecule has 0 aromatic heterocycles. The quantitative estimate of drug-likeness (QED) is 0.366. The van der Waals surface area contributed by atoms with Gasteiger partial charge in [-0.2, -0.15) is 0 Å². The maximum Gasteiger partial charge on any atom is 0.0135 e. The van der Waals surface area contributed by atoms with E-state index in [0.717, 1.165) is 71.8 Å². The van der Waals surface area contributed by atoms with E-state index in [1.165, 1.54) is 89.9 Å². The molecule has 6 aliphatic carbocycles. The maximum atomic E-state index is 3.28.